The van der Waals surface area contributed by atoms with E-state index in [9.17, 15) is 4.79 Å². The lowest BCUT2D eigenvalue weighted by Gasteiger charge is -2.24. The molecule has 0 aromatic heterocycles. The smallest absolute Gasteiger partial charge is 0.248 e. The third kappa shape index (κ3) is 3.64. The second-order valence-corrected chi connectivity index (χ2v) is 4.48. The number of nitrogens with two attached hydrogens (primary N) is 2. The van der Waals surface area contributed by atoms with E-state index in [0.29, 0.717) is 23.5 Å². The maximum Gasteiger partial charge on any atom is 0.248 e. The van der Waals surface area contributed by atoms with Gasteiger partial charge in [-0.3, -0.25) is 4.79 Å². The van der Waals surface area contributed by atoms with Gasteiger partial charge < -0.3 is 21.5 Å². The topological polar surface area (TPSA) is 90.4 Å². The normalized spacial score (nSPS) is 11.2. The highest BCUT2D eigenvalue weighted by atomic mass is 16.5. The van der Waals surface area contributed by atoms with Crippen LogP contribution >= 0.6 is 0 Å². The van der Waals surface area contributed by atoms with Crippen molar-refractivity contribution in [3.05, 3.63) is 23.8 Å². The van der Waals surface area contributed by atoms with Crippen molar-refractivity contribution in [1.29, 1.82) is 0 Å². The van der Waals surface area contributed by atoms with Crippen LogP contribution in [0.3, 0.4) is 0 Å². The van der Waals surface area contributed by atoms with Gasteiger partial charge in [0.25, 0.3) is 0 Å². The Labute approximate surface area is 101 Å². The number of anilines is 2. The Morgan fingerprint density at radius 1 is 1.47 bits per heavy atom. The Kier molecular flexibility index (Phi) is 3.96. The molecule has 0 fully saturated rings. The number of carbonyl (C=O) groups is 1. The van der Waals surface area contributed by atoms with Crippen molar-refractivity contribution in [3.63, 3.8) is 0 Å². The van der Waals surface area contributed by atoms with Crippen LogP contribution in [0.4, 0.5) is 11.4 Å². The van der Waals surface area contributed by atoms with Gasteiger partial charge in [0.1, 0.15) is 0 Å². The average molecular weight is 237 g/mol. The molecular weight excluding hydrogens is 218 g/mol. The SMILES string of the molecule is COC(C)(C)CNc1cc(C(N)=O)ccc1N. The van der Waals surface area contributed by atoms with E-state index >= 15 is 0 Å². The molecule has 0 spiro atoms. The van der Waals surface area contributed by atoms with E-state index in [-0.39, 0.29) is 5.60 Å². The first kappa shape index (κ1) is 13.3. The van der Waals surface area contributed by atoms with Crippen LogP contribution in [-0.2, 0) is 4.74 Å². The van der Waals surface area contributed by atoms with Crippen LogP contribution in [-0.4, -0.2) is 25.2 Å². The van der Waals surface area contributed by atoms with Crippen molar-refractivity contribution in [2.45, 2.75) is 19.4 Å². The Bertz CT molecular complexity index is 416. The van der Waals surface area contributed by atoms with Crippen LogP contribution in [0.15, 0.2) is 18.2 Å². The first-order valence-electron chi connectivity index (χ1n) is 5.34. The van der Waals surface area contributed by atoms with E-state index in [4.69, 9.17) is 16.2 Å². The van der Waals surface area contributed by atoms with Gasteiger partial charge in [0, 0.05) is 19.2 Å². The van der Waals surface area contributed by atoms with Gasteiger partial charge in [-0.05, 0) is 32.0 Å². The Morgan fingerprint density at radius 3 is 2.65 bits per heavy atom. The lowest BCUT2D eigenvalue weighted by molar-refractivity contribution is 0.0344. The van der Waals surface area contributed by atoms with Gasteiger partial charge in [-0.1, -0.05) is 0 Å². The molecule has 0 aliphatic heterocycles. The molecule has 0 saturated carbocycles. The fraction of sp³-hybridized carbons (Fsp3) is 0.417. The van der Waals surface area contributed by atoms with Crippen molar-refractivity contribution in [2.75, 3.05) is 24.7 Å². The highest BCUT2D eigenvalue weighted by Crippen LogP contribution is 2.21. The summed E-state index contributed by atoms with van der Waals surface area (Å²) in [6.45, 7) is 4.48. The molecule has 0 bridgehead atoms. The lowest BCUT2D eigenvalue weighted by atomic mass is 10.1. The summed E-state index contributed by atoms with van der Waals surface area (Å²) < 4.78 is 5.28. The number of hydrogen-bond acceptors (Lipinski definition) is 4. The molecule has 5 N–H and O–H groups in total. The zero-order chi connectivity index (χ0) is 13.1. The molecule has 1 aromatic carbocycles. The molecule has 0 heterocycles. The van der Waals surface area contributed by atoms with Crippen molar-refractivity contribution in [2.24, 2.45) is 5.73 Å². The quantitative estimate of drug-likeness (QED) is 0.671. The number of rotatable bonds is 5. The number of nitrogens with one attached hydrogen (secondary N) is 1. The number of methoxy groups -OCH3 is 1. The molecule has 0 aliphatic rings. The molecule has 94 valence electrons. The highest BCUT2D eigenvalue weighted by Gasteiger charge is 2.16. The van der Waals surface area contributed by atoms with E-state index in [2.05, 4.69) is 5.32 Å². The molecule has 0 saturated heterocycles. The third-order valence-corrected chi connectivity index (χ3v) is 2.59. The number of carbonyl (C=O) groups excluding carboxylic acids is 1. The summed E-state index contributed by atoms with van der Waals surface area (Å²) in [4.78, 5) is 11.1. The summed E-state index contributed by atoms with van der Waals surface area (Å²) >= 11 is 0. The summed E-state index contributed by atoms with van der Waals surface area (Å²) in [5.41, 5.74) is 12.4. The van der Waals surface area contributed by atoms with E-state index in [1.165, 1.54) is 0 Å². The molecule has 0 radical (unpaired) electrons. The van der Waals surface area contributed by atoms with Gasteiger partial charge in [-0.25, -0.2) is 0 Å². The predicted octanol–water partition coefficient (Wildman–Crippen LogP) is 1.20. The Hall–Kier alpha value is -1.75. The number of hydrogen-bond donors (Lipinski definition) is 3. The van der Waals surface area contributed by atoms with Gasteiger partial charge in [0.2, 0.25) is 5.91 Å². The zero-order valence-corrected chi connectivity index (χ0v) is 10.4. The maximum atomic E-state index is 11.1. The van der Waals surface area contributed by atoms with Gasteiger partial charge >= 0.3 is 0 Å². The largest absolute Gasteiger partial charge is 0.397 e. The molecule has 1 aromatic rings. The number of amides is 1. The van der Waals surface area contributed by atoms with Crippen LogP contribution in [0.2, 0.25) is 0 Å². The van der Waals surface area contributed by atoms with Gasteiger partial charge in [0.15, 0.2) is 0 Å². The maximum absolute atomic E-state index is 11.1. The zero-order valence-electron chi connectivity index (χ0n) is 10.4. The van der Waals surface area contributed by atoms with Crippen LogP contribution in [0.1, 0.15) is 24.2 Å². The Morgan fingerprint density at radius 2 is 2.12 bits per heavy atom. The molecule has 0 aliphatic carbocycles. The standard InChI is InChI=1S/C12H19N3O2/c1-12(2,17-3)7-15-10-6-8(11(14)16)4-5-9(10)13/h4-6,15H,7,13H2,1-3H3,(H2,14,16). The van der Waals surface area contributed by atoms with Crippen LogP contribution < -0.4 is 16.8 Å². The summed E-state index contributed by atoms with van der Waals surface area (Å²) in [6, 6.07) is 4.90. The number of primary amides is 1. The fourth-order valence-corrected chi connectivity index (χ4v) is 1.24. The number of ether oxygens (including phenoxy) is 1. The summed E-state index contributed by atoms with van der Waals surface area (Å²) in [5, 5.41) is 3.14. The molecule has 1 rings (SSSR count). The minimum atomic E-state index is -0.473. The number of nitrogen functional groups attached to an aromatic ring is 1. The van der Waals surface area contributed by atoms with E-state index < -0.39 is 5.91 Å². The van der Waals surface area contributed by atoms with Gasteiger partial charge in [-0.2, -0.15) is 0 Å². The molecule has 5 nitrogen and oxygen atoms in total. The second-order valence-electron chi connectivity index (χ2n) is 4.48. The fourth-order valence-electron chi connectivity index (χ4n) is 1.24. The van der Waals surface area contributed by atoms with Crippen molar-refractivity contribution >= 4 is 17.3 Å². The highest BCUT2D eigenvalue weighted by molar-refractivity contribution is 5.94. The van der Waals surface area contributed by atoms with E-state index in [0.717, 1.165) is 0 Å². The third-order valence-electron chi connectivity index (χ3n) is 2.59. The van der Waals surface area contributed by atoms with Crippen molar-refractivity contribution in [1.82, 2.24) is 0 Å². The van der Waals surface area contributed by atoms with Crippen molar-refractivity contribution in [3.8, 4) is 0 Å². The van der Waals surface area contributed by atoms with E-state index in [1.54, 1.807) is 25.3 Å². The molecule has 0 unspecified atom stereocenters. The summed E-state index contributed by atoms with van der Waals surface area (Å²) in [7, 11) is 1.64. The Balaban J connectivity index is 2.83. The molecular formula is C12H19N3O2. The van der Waals surface area contributed by atoms with Crippen molar-refractivity contribution < 1.29 is 9.53 Å². The first-order chi connectivity index (χ1) is 7.85. The summed E-state index contributed by atoms with van der Waals surface area (Å²) in [6.07, 6.45) is 0. The number of benzene rings is 1. The van der Waals surface area contributed by atoms with Crippen LogP contribution in [0, 0.1) is 0 Å². The van der Waals surface area contributed by atoms with Crippen LogP contribution in [0.5, 0.6) is 0 Å². The van der Waals surface area contributed by atoms with Gasteiger partial charge in [0.05, 0.1) is 17.0 Å². The van der Waals surface area contributed by atoms with Crippen LogP contribution in [0.25, 0.3) is 0 Å². The molecule has 0 atom stereocenters. The monoisotopic (exact) mass is 237 g/mol. The molecule has 5 heteroatoms. The van der Waals surface area contributed by atoms with Gasteiger partial charge in [-0.15, -0.1) is 0 Å². The first-order valence-corrected chi connectivity index (χ1v) is 5.34. The second kappa shape index (κ2) is 5.05. The molecule has 1 amide bonds. The minimum Gasteiger partial charge on any atom is -0.397 e. The molecule has 17 heavy (non-hydrogen) atoms. The summed E-state index contributed by atoms with van der Waals surface area (Å²) in [5.74, 6) is -0.473. The minimum absolute atomic E-state index is 0.310. The lowest BCUT2D eigenvalue weighted by Crippen LogP contribution is -2.32. The van der Waals surface area contributed by atoms with E-state index in [1.807, 2.05) is 13.8 Å². The predicted molar refractivity (Wildman–Crippen MR) is 69.0 cm³/mol. The average Bonchev–Trinajstić information content (AvgIpc) is 2.27.